The molecule has 2 fully saturated rings. The van der Waals surface area contributed by atoms with Crippen LogP contribution in [0.25, 0.3) is 5.57 Å². The topological polar surface area (TPSA) is 85.6 Å². The molecule has 8 nitrogen and oxygen atoms in total. The lowest BCUT2D eigenvalue weighted by Crippen LogP contribution is -2.55. The van der Waals surface area contributed by atoms with Crippen molar-refractivity contribution in [2.75, 3.05) is 44.7 Å². The Balaban J connectivity index is 1.39. The summed E-state index contributed by atoms with van der Waals surface area (Å²) in [6.07, 6.45) is 5.64. The molecule has 2 saturated heterocycles. The van der Waals surface area contributed by atoms with Gasteiger partial charge < -0.3 is 19.4 Å². The predicted octanol–water partition coefficient (Wildman–Crippen LogP) is 4.86. The van der Waals surface area contributed by atoms with Gasteiger partial charge in [-0.15, -0.1) is 0 Å². The second-order valence-corrected chi connectivity index (χ2v) is 12.2. The van der Waals surface area contributed by atoms with Crippen LogP contribution in [0.2, 0.25) is 5.02 Å². The van der Waals surface area contributed by atoms with Crippen LogP contribution >= 0.6 is 11.6 Å². The fraction of sp³-hybridized carbons (Fsp3) is 0.500. The van der Waals surface area contributed by atoms with Gasteiger partial charge in [0, 0.05) is 52.2 Å². The quantitative estimate of drug-likeness (QED) is 0.442. The molecule has 3 heterocycles. The average Bonchev–Trinajstić information content (AvgIpc) is 3.56. The van der Waals surface area contributed by atoms with E-state index in [-0.39, 0.29) is 37.1 Å². The van der Waals surface area contributed by atoms with Crippen LogP contribution < -0.4 is 9.64 Å². The maximum Gasteiger partial charge on any atom is 0.318 e. The number of fused-ring (bicyclic) bond motifs is 3. The van der Waals surface area contributed by atoms with E-state index in [1.54, 1.807) is 6.07 Å². The smallest absolute Gasteiger partial charge is 0.318 e. The summed E-state index contributed by atoms with van der Waals surface area (Å²) in [7, 11) is 2.07. The number of ether oxygens (including phenoxy) is 1. The molecule has 0 bridgehead atoms. The van der Waals surface area contributed by atoms with Gasteiger partial charge in [0.25, 0.3) is 5.91 Å². The number of carbonyl (C=O) groups is 1. The first kappa shape index (κ1) is 25.1. The minimum Gasteiger partial charge on any atom is -0.462 e. The SMILES string of the molecule is [2H]C([2H])([2H])C1=CC2(CCc3c(nc(OC[C@@H]4CCCN4C)nc3N3CCN(C(=O)C(=C)F)[C@@H](CC#N)C3)C2)c2cccc(Cl)c21. The zero-order valence-electron chi connectivity index (χ0n) is 26.7. The number of halogens is 2. The number of nitriles is 1. The zero-order chi connectivity index (χ0) is 32.1. The highest BCUT2D eigenvalue weighted by Crippen LogP contribution is 2.50. The molecule has 1 aromatic carbocycles. The average molecular weight is 594 g/mol. The summed E-state index contributed by atoms with van der Waals surface area (Å²) in [6, 6.07) is 7.60. The number of benzene rings is 1. The number of hydrogen-bond acceptors (Lipinski definition) is 7. The Morgan fingerprint density at radius 2 is 2.19 bits per heavy atom. The number of piperazine rings is 1. The lowest BCUT2D eigenvalue weighted by molar-refractivity contribution is -0.131. The molecule has 0 N–H and O–H groups in total. The largest absolute Gasteiger partial charge is 0.462 e. The number of anilines is 1. The van der Waals surface area contributed by atoms with E-state index in [1.807, 2.05) is 23.1 Å². The van der Waals surface area contributed by atoms with Crippen molar-refractivity contribution in [1.82, 2.24) is 19.8 Å². The van der Waals surface area contributed by atoms with Gasteiger partial charge in [-0.3, -0.25) is 4.79 Å². The summed E-state index contributed by atoms with van der Waals surface area (Å²) in [4.78, 5) is 28.0. The molecule has 1 spiro atoms. The van der Waals surface area contributed by atoms with Gasteiger partial charge in [-0.1, -0.05) is 36.4 Å². The highest BCUT2D eigenvalue weighted by atomic mass is 35.5. The first-order valence-corrected chi connectivity index (χ1v) is 14.8. The summed E-state index contributed by atoms with van der Waals surface area (Å²) < 4.78 is 44.8. The number of hydrogen-bond donors (Lipinski definition) is 0. The van der Waals surface area contributed by atoms with Gasteiger partial charge in [-0.05, 0) is 68.9 Å². The first-order chi connectivity index (χ1) is 21.4. The molecule has 2 aliphatic heterocycles. The first-order valence-electron chi connectivity index (χ1n) is 15.9. The van der Waals surface area contributed by atoms with Crippen LogP contribution in [0.3, 0.4) is 0 Å². The maximum absolute atomic E-state index is 13.8. The highest BCUT2D eigenvalue weighted by molar-refractivity contribution is 6.32. The third kappa shape index (κ3) is 5.05. The third-order valence-corrected chi connectivity index (χ3v) is 9.59. The molecule has 0 radical (unpaired) electrons. The number of allylic oxidation sites excluding steroid dienone is 2. The maximum atomic E-state index is 13.8. The van der Waals surface area contributed by atoms with E-state index in [1.165, 1.54) is 4.90 Å². The molecule has 2 aromatic rings. The second kappa shape index (κ2) is 11.3. The highest BCUT2D eigenvalue weighted by Gasteiger charge is 2.43. The Kier molecular flexibility index (Phi) is 6.75. The molecule has 2 aliphatic carbocycles. The van der Waals surface area contributed by atoms with Gasteiger partial charge >= 0.3 is 6.01 Å². The van der Waals surface area contributed by atoms with E-state index in [0.29, 0.717) is 48.8 Å². The fourth-order valence-corrected chi connectivity index (χ4v) is 7.34. The molecular formula is C32H36ClFN6O2. The molecule has 42 heavy (non-hydrogen) atoms. The molecule has 0 saturated carbocycles. The van der Waals surface area contributed by atoms with E-state index >= 15 is 0 Å². The molecule has 1 aromatic heterocycles. The van der Waals surface area contributed by atoms with Crippen LogP contribution in [0.1, 0.15) is 59.0 Å². The van der Waals surface area contributed by atoms with Crippen molar-refractivity contribution in [1.29, 1.82) is 5.26 Å². The summed E-state index contributed by atoms with van der Waals surface area (Å²) >= 11 is 6.61. The number of likely N-dealkylation sites (N-methyl/N-ethyl adjacent to an activating group) is 1. The fourth-order valence-electron chi connectivity index (χ4n) is 7.06. The number of carbonyl (C=O) groups excluding carboxylic acids is 1. The van der Waals surface area contributed by atoms with Crippen LogP contribution in [0.15, 0.2) is 36.7 Å². The van der Waals surface area contributed by atoms with Crippen molar-refractivity contribution >= 4 is 28.9 Å². The standard InChI is InChI=1S/C32H36ClFN6O2/c1-20-16-32(25-7-4-8-26(33)28(20)25)11-9-24-27(17-32)36-31(42-19-23-6-5-13-38(23)3)37-29(24)39-14-15-40(30(41)21(2)34)22(18-39)10-12-35/h4,7-8,16,22-23H,2,5-6,9-11,13-15,17-19H2,1,3H3/t22-,23-,32?/m0/s1/i1D3. The number of nitrogens with zero attached hydrogens (tertiary/aromatic N) is 6. The van der Waals surface area contributed by atoms with Crippen LogP contribution in [0, 0.1) is 11.3 Å². The van der Waals surface area contributed by atoms with Crippen LogP contribution in [0.5, 0.6) is 6.01 Å². The van der Waals surface area contributed by atoms with E-state index in [4.69, 9.17) is 30.4 Å². The lowest BCUT2D eigenvalue weighted by atomic mass is 9.70. The van der Waals surface area contributed by atoms with Gasteiger partial charge in [0.15, 0.2) is 5.83 Å². The number of amides is 1. The van der Waals surface area contributed by atoms with Crippen molar-refractivity contribution < 1.29 is 18.0 Å². The Hall–Kier alpha value is -3.48. The normalized spacial score (nSPS) is 26.5. The van der Waals surface area contributed by atoms with Crippen molar-refractivity contribution in [3.8, 4) is 12.1 Å². The summed E-state index contributed by atoms with van der Waals surface area (Å²) in [6.45, 7) is 3.13. The minimum atomic E-state index is -2.33. The van der Waals surface area contributed by atoms with Gasteiger partial charge in [-0.25, -0.2) is 4.39 Å². The summed E-state index contributed by atoms with van der Waals surface area (Å²) in [5, 5.41) is 9.93. The van der Waals surface area contributed by atoms with Gasteiger partial charge in [0.1, 0.15) is 12.4 Å². The zero-order valence-corrected chi connectivity index (χ0v) is 24.5. The van der Waals surface area contributed by atoms with E-state index in [2.05, 4.69) is 24.6 Å². The van der Waals surface area contributed by atoms with Crippen molar-refractivity contribution in [2.45, 2.75) is 62.9 Å². The molecule has 4 aliphatic rings. The number of likely N-dealkylation sites (tertiary alicyclic amines) is 1. The Morgan fingerprint density at radius 1 is 1.33 bits per heavy atom. The Bertz CT molecular complexity index is 1610. The lowest BCUT2D eigenvalue weighted by Gasteiger charge is -2.42. The third-order valence-electron chi connectivity index (χ3n) is 9.27. The molecule has 6 rings (SSSR count). The number of rotatable bonds is 6. The van der Waals surface area contributed by atoms with E-state index in [0.717, 1.165) is 36.2 Å². The van der Waals surface area contributed by atoms with Gasteiger partial charge in [-0.2, -0.15) is 15.2 Å². The van der Waals surface area contributed by atoms with E-state index in [9.17, 15) is 14.4 Å². The monoisotopic (exact) mass is 593 g/mol. The van der Waals surface area contributed by atoms with Crippen LogP contribution in [0.4, 0.5) is 10.2 Å². The van der Waals surface area contributed by atoms with Crippen LogP contribution in [-0.4, -0.2) is 77.6 Å². The van der Waals surface area contributed by atoms with Crippen molar-refractivity contribution in [2.24, 2.45) is 0 Å². The van der Waals surface area contributed by atoms with Crippen molar-refractivity contribution in [3.63, 3.8) is 0 Å². The van der Waals surface area contributed by atoms with Crippen LogP contribution in [-0.2, 0) is 23.1 Å². The summed E-state index contributed by atoms with van der Waals surface area (Å²) in [5.74, 6) is -1.19. The van der Waals surface area contributed by atoms with Gasteiger partial charge in [0.05, 0.1) is 24.2 Å². The molecule has 1 amide bonds. The van der Waals surface area contributed by atoms with Crippen molar-refractivity contribution in [3.05, 3.63) is 64.1 Å². The minimum absolute atomic E-state index is 0.0313. The van der Waals surface area contributed by atoms with Gasteiger partial charge in [0.2, 0.25) is 0 Å². The summed E-state index contributed by atoms with van der Waals surface area (Å²) in [5.41, 5.74) is 2.80. The number of aromatic nitrogens is 2. The molecular weight excluding hydrogens is 555 g/mol. The van der Waals surface area contributed by atoms with E-state index < -0.39 is 30.0 Å². The molecule has 3 atom stereocenters. The Labute approximate surface area is 255 Å². The Morgan fingerprint density at radius 3 is 2.93 bits per heavy atom. The molecule has 220 valence electrons. The second-order valence-electron chi connectivity index (χ2n) is 11.8. The molecule has 1 unspecified atom stereocenters. The predicted molar refractivity (Wildman–Crippen MR) is 160 cm³/mol. The molecule has 10 heteroatoms.